The van der Waals surface area contributed by atoms with E-state index in [4.69, 9.17) is 0 Å². The molecule has 0 aliphatic heterocycles. The fourth-order valence-electron chi connectivity index (χ4n) is 1.56. The van der Waals surface area contributed by atoms with Gasteiger partial charge in [-0.15, -0.1) is 0 Å². The third kappa shape index (κ3) is 3.40. The fourth-order valence-corrected chi connectivity index (χ4v) is 2.53. The summed E-state index contributed by atoms with van der Waals surface area (Å²) in [6, 6.07) is 9.11. The van der Waals surface area contributed by atoms with Gasteiger partial charge in [-0.05, 0) is 58.7 Å². The van der Waals surface area contributed by atoms with Crippen molar-refractivity contribution in [2.24, 2.45) is 0 Å². The Bertz CT molecular complexity index is 579. The summed E-state index contributed by atoms with van der Waals surface area (Å²) >= 11 is 6.64. The van der Waals surface area contributed by atoms with Crippen molar-refractivity contribution in [2.75, 3.05) is 5.32 Å². The second kappa shape index (κ2) is 5.63. The number of nitrogens with zero attached hydrogens (tertiary/aromatic N) is 1. The third-order valence-electron chi connectivity index (χ3n) is 2.29. The van der Waals surface area contributed by atoms with Crippen LogP contribution in [0.25, 0.3) is 0 Å². The van der Waals surface area contributed by atoms with Crippen molar-refractivity contribution >= 4 is 43.5 Å². The van der Waals surface area contributed by atoms with E-state index < -0.39 is 0 Å². The summed E-state index contributed by atoms with van der Waals surface area (Å²) < 4.78 is 1.58. The number of benzene rings is 1. The number of halogens is 2. The molecule has 2 aromatic rings. The second-order valence-electron chi connectivity index (χ2n) is 3.84. The van der Waals surface area contributed by atoms with Crippen LogP contribution in [0.1, 0.15) is 15.9 Å². The molecule has 1 heterocycles. The van der Waals surface area contributed by atoms with Gasteiger partial charge in [-0.3, -0.25) is 4.79 Å². The summed E-state index contributed by atoms with van der Waals surface area (Å²) in [5.74, 6) is -0.157. The Morgan fingerprint density at radius 3 is 2.67 bits per heavy atom. The minimum absolute atomic E-state index is 0.157. The Labute approximate surface area is 122 Å². The maximum Gasteiger partial charge on any atom is 0.255 e. The van der Waals surface area contributed by atoms with E-state index in [2.05, 4.69) is 42.2 Å². The van der Waals surface area contributed by atoms with Crippen LogP contribution in [0.5, 0.6) is 0 Å². The summed E-state index contributed by atoms with van der Waals surface area (Å²) in [6.45, 7) is 1.98. The Hall–Kier alpha value is -1.20. The number of rotatable bonds is 2. The molecule has 1 amide bonds. The first kappa shape index (κ1) is 13.2. The number of nitrogens with one attached hydrogen (secondary N) is 1. The van der Waals surface area contributed by atoms with Gasteiger partial charge < -0.3 is 5.32 Å². The number of carbonyl (C=O) groups is 1. The smallest absolute Gasteiger partial charge is 0.255 e. The average Bonchev–Trinajstić information content (AvgIpc) is 2.27. The van der Waals surface area contributed by atoms with E-state index in [1.165, 1.54) is 0 Å². The molecule has 0 unspecified atom stereocenters. The molecule has 0 atom stereocenters. The first-order valence-electron chi connectivity index (χ1n) is 5.25. The Balaban J connectivity index is 2.21. The molecule has 1 N–H and O–H groups in total. The molecule has 18 heavy (non-hydrogen) atoms. The molecule has 5 heteroatoms. The highest BCUT2D eigenvalue weighted by molar-refractivity contribution is 9.10. The summed E-state index contributed by atoms with van der Waals surface area (Å²) in [7, 11) is 0. The molecule has 3 nitrogen and oxygen atoms in total. The van der Waals surface area contributed by atoms with Crippen molar-refractivity contribution in [1.82, 2.24) is 4.98 Å². The number of hydrogen-bond acceptors (Lipinski definition) is 2. The summed E-state index contributed by atoms with van der Waals surface area (Å²) in [5, 5.41) is 2.85. The number of amides is 1. The molecule has 92 valence electrons. The molecular weight excluding hydrogens is 360 g/mol. The van der Waals surface area contributed by atoms with Crippen LogP contribution in [0.3, 0.4) is 0 Å². The van der Waals surface area contributed by atoms with Gasteiger partial charge in [0, 0.05) is 21.9 Å². The number of carbonyl (C=O) groups excluding carboxylic acids is 1. The van der Waals surface area contributed by atoms with Gasteiger partial charge in [0.1, 0.15) is 4.60 Å². The van der Waals surface area contributed by atoms with Crippen molar-refractivity contribution in [3.63, 3.8) is 0 Å². The predicted molar refractivity (Wildman–Crippen MR) is 78.8 cm³/mol. The van der Waals surface area contributed by atoms with Crippen molar-refractivity contribution in [2.45, 2.75) is 6.92 Å². The quantitative estimate of drug-likeness (QED) is 0.807. The zero-order valence-corrected chi connectivity index (χ0v) is 12.7. The number of aromatic nitrogens is 1. The first-order valence-corrected chi connectivity index (χ1v) is 6.83. The fraction of sp³-hybridized carbons (Fsp3) is 0.0769. The number of pyridine rings is 1. The lowest BCUT2D eigenvalue weighted by molar-refractivity contribution is 0.102. The molecule has 1 aromatic carbocycles. The highest BCUT2D eigenvalue weighted by Crippen LogP contribution is 2.20. The van der Waals surface area contributed by atoms with E-state index in [9.17, 15) is 4.79 Å². The molecule has 0 bridgehead atoms. The third-order valence-corrected chi connectivity index (χ3v) is 3.18. The predicted octanol–water partition coefficient (Wildman–Crippen LogP) is 4.17. The van der Waals surface area contributed by atoms with Crippen molar-refractivity contribution in [1.29, 1.82) is 0 Å². The normalized spacial score (nSPS) is 10.2. The minimum Gasteiger partial charge on any atom is -0.322 e. The van der Waals surface area contributed by atoms with Gasteiger partial charge >= 0.3 is 0 Å². The van der Waals surface area contributed by atoms with Crippen molar-refractivity contribution < 1.29 is 4.79 Å². The number of hydrogen-bond donors (Lipinski definition) is 1. The van der Waals surface area contributed by atoms with Crippen molar-refractivity contribution in [3.05, 3.63) is 56.7 Å². The monoisotopic (exact) mass is 368 g/mol. The lowest BCUT2D eigenvalue weighted by Gasteiger charge is -2.07. The van der Waals surface area contributed by atoms with E-state index in [0.29, 0.717) is 10.2 Å². The van der Waals surface area contributed by atoms with E-state index in [1.54, 1.807) is 18.3 Å². The van der Waals surface area contributed by atoms with E-state index in [0.717, 1.165) is 15.7 Å². The number of aryl methyl sites for hydroxylation is 1. The highest BCUT2D eigenvalue weighted by atomic mass is 79.9. The highest BCUT2D eigenvalue weighted by Gasteiger charge is 2.07. The van der Waals surface area contributed by atoms with Crippen LogP contribution in [0.15, 0.2) is 45.6 Å². The zero-order valence-electron chi connectivity index (χ0n) is 9.58. The molecule has 1 aromatic heterocycles. The van der Waals surface area contributed by atoms with E-state index in [-0.39, 0.29) is 5.91 Å². The zero-order chi connectivity index (χ0) is 13.1. The minimum atomic E-state index is -0.157. The molecule has 0 fully saturated rings. The summed E-state index contributed by atoms with van der Waals surface area (Å²) in [4.78, 5) is 16.0. The van der Waals surface area contributed by atoms with Crippen LogP contribution < -0.4 is 5.32 Å². The molecule has 0 radical (unpaired) electrons. The topological polar surface area (TPSA) is 42.0 Å². The molecule has 0 aliphatic rings. The molecule has 2 rings (SSSR count). The Morgan fingerprint density at radius 1 is 1.22 bits per heavy atom. The van der Waals surface area contributed by atoms with Crippen LogP contribution in [0, 0.1) is 6.92 Å². The maximum absolute atomic E-state index is 12.0. The Morgan fingerprint density at radius 2 is 2.00 bits per heavy atom. The van der Waals surface area contributed by atoms with Crippen LogP contribution in [-0.4, -0.2) is 10.9 Å². The van der Waals surface area contributed by atoms with Gasteiger partial charge in [-0.2, -0.15) is 0 Å². The molecule has 0 saturated carbocycles. The van der Waals surface area contributed by atoms with E-state index in [1.807, 2.05) is 25.1 Å². The lowest BCUT2D eigenvalue weighted by atomic mass is 10.2. The van der Waals surface area contributed by atoms with Gasteiger partial charge in [0.25, 0.3) is 5.91 Å². The molecular formula is C13H10Br2N2O. The van der Waals surface area contributed by atoms with Crippen LogP contribution in [0.4, 0.5) is 5.69 Å². The molecule has 0 spiro atoms. The number of anilines is 1. The van der Waals surface area contributed by atoms with Gasteiger partial charge in [0.2, 0.25) is 0 Å². The standard InChI is InChI=1S/C13H10Br2N2O/c1-8-4-10(14)7-11(5-8)17-13(18)9-2-3-16-12(15)6-9/h2-7H,1H3,(H,17,18). The van der Waals surface area contributed by atoms with Gasteiger partial charge in [-0.25, -0.2) is 4.98 Å². The largest absolute Gasteiger partial charge is 0.322 e. The van der Waals surface area contributed by atoms with Gasteiger partial charge in [0.05, 0.1) is 0 Å². The second-order valence-corrected chi connectivity index (χ2v) is 5.57. The maximum atomic E-state index is 12.0. The molecule has 0 aliphatic carbocycles. The summed E-state index contributed by atoms with van der Waals surface area (Å²) in [6.07, 6.45) is 1.59. The van der Waals surface area contributed by atoms with E-state index >= 15 is 0 Å². The summed E-state index contributed by atoms with van der Waals surface area (Å²) in [5.41, 5.74) is 2.41. The first-order chi connectivity index (χ1) is 8.54. The SMILES string of the molecule is Cc1cc(Br)cc(NC(=O)c2ccnc(Br)c2)c1. The van der Waals surface area contributed by atoms with Gasteiger partial charge in [0.15, 0.2) is 0 Å². The molecule has 0 saturated heterocycles. The Kier molecular flexibility index (Phi) is 4.14. The average molecular weight is 370 g/mol. The van der Waals surface area contributed by atoms with Crippen LogP contribution in [-0.2, 0) is 0 Å². The van der Waals surface area contributed by atoms with Crippen LogP contribution in [0.2, 0.25) is 0 Å². The van der Waals surface area contributed by atoms with Crippen molar-refractivity contribution in [3.8, 4) is 0 Å². The van der Waals surface area contributed by atoms with Crippen LogP contribution >= 0.6 is 31.9 Å². The lowest BCUT2D eigenvalue weighted by Crippen LogP contribution is -2.12. The van der Waals surface area contributed by atoms with Gasteiger partial charge in [-0.1, -0.05) is 15.9 Å².